The van der Waals surface area contributed by atoms with Gasteiger partial charge in [-0.3, -0.25) is 0 Å². The largest absolute Gasteiger partial charge is 0.329 e. The third-order valence-corrected chi connectivity index (χ3v) is 3.14. The first-order valence-corrected chi connectivity index (χ1v) is 5.61. The maximum atomic E-state index is 13.1. The van der Waals surface area contributed by atoms with Crippen LogP contribution in [0.25, 0.3) is 0 Å². The van der Waals surface area contributed by atoms with E-state index in [1.54, 1.807) is 0 Å². The van der Waals surface area contributed by atoms with Crippen LogP contribution in [0.15, 0.2) is 23.1 Å². The molecule has 3 N–H and O–H groups in total. The van der Waals surface area contributed by atoms with Crippen molar-refractivity contribution in [1.29, 1.82) is 0 Å². The third kappa shape index (κ3) is 2.71. The molecule has 0 fully saturated rings. The van der Waals surface area contributed by atoms with Crippen LogP contribution < -0.4 is 10.5 Å². The Kier molecular flexibility index (Phi) is 3.72. The number of nitrogens with one attached hydrogen (secondary N) is 1. The van der Waals surface area contributed by atoms with Crippen LogP contribution in [0.5, 0.6) is 0 Å². The molecule has 0 heterocycles. The van der Waals surface area contributed by atoms with E-state index in [1.807, 2.05) is 4.72 Å². The summed E-state index contributed by atoms with van der Waals surface area (Å²) in [6.07, 6.45) is 0. The molecule has 15 heavy (non-hydrogen) atoms. The van der Waals surface area contributed by atoms with Gasteiger partial charge in [0.05, 0.1) is 0 Å². The van der Waals surface area contributed by atoms with Crippen LogP contribution in [0.1, 0.15) is 0 Å². The molecule has 0 unspecified atom stereocenters. The molecular formula is C8H10F2N2O2S. The molecule has 1 aromatic carbocycles. The Hall–Kier alpha value is -1.05. The van der Waals surface area contributed by atoms with E-state index in [0.29, 0.717) is 0 Å². The van der Waals surface area contributed by atoms with Crippen LogP contribution in [-0.4, -0.2) is 21.5 Å². The summed E-state index contributed by atoms with van der Waals surface area (Å²) in [5.74, 6) is -2.25. The van der Waals surface area contributed by atoms with Crippen molar-refractivity contribution in [3.05, 3.63) is 29.8 Å². The summed E-state index contributed by atoms with van der Waals surface area (Å²) in [7, 11) is -4.16. The number of hydrogen-bond acceptors (Lipinski definition) is 3. The van der Waals surface area contributed by atoms with E-state index in [2.05, 4.69) is 0 Å². The molecule has 0 saturated heterocycles. The number of benzene rings is 1. The Morgan fingerprint density at radius 2 is 1.80 bits per heavy atom. The molecule has 0 spiro atoms. The molecule has 0 atom stereocenters. The molecule has 1 aromatic rings. The lowest BCUT2D eigenvalue weighted by molar-refractivity contribution is 0.514. The van der Waals surface area contributed by atoms with Gasteiger partial charge >= 0.3 is 0 Å². The number of hydrogen-bond donors (Lipinski definition) is 2. The Bertz CT molecular complexity index is 428. The molecule has 4 nitrogen and oxygen atoms in total. The van der Waals surface area contributed by atoms with Crippen molar-refractivity contribution < 1.29 is 17.2 Å². The van der Waals surface area contributed by atoms with Gasteiger partial charge in [-0.2, -0.15) is 0 Å². The zero-order valence-corrected chi connectivity index (χ0v) is 8.52. The van der Waals surface area contributed by atoms with Gasteiger partial charge in [0, 0.05) is 13.1 Å². The van der Waals surface area contributed by atoms with Crippen LogP contribution in [0.4, 0.5) is 8.78 Å². The number of halogens is 2. The van der Waals surface area contributed by atoms with Crippen LogP contribution in [-0.2, 0) is 10.0 Å². The predicted molar refractivity (Wildman–Crippen MR) is 50.6 cm³/mol. The van der Waals surface area contributed by atoms with Crippen LogP contribution in [0, 0.1) is 11.6 Å². The molecule has 7 heteroatoms. The molecular weight excluding hydrogens is 226 g/mol. The summed E-state index contributed by atoms with van der Waals surface area (Å²) in [4.78, 5) is -0.974. The lowest BCUT2D eigenvalue weighted by Crippen LogP contribution is -2.30. The SMILES string of the molecule is NCCNS(=O)(=O)c1c(F)cccc1F. The minimum absolute atomic E-state index is 0.0509. The zero-order valence-electron chi connectivity index (χ0n) is 7.70. The lowest BCUT2D eigenvalue weighted by atomic mass is 10.3. The molecule has 0 radical (unpaired) electrons. The maximum absolute atomic E-state index is 13.1. The van der Waals surface area contributed by atoms with Crippen molar-refractivity contribution in [3.63, 3.8) is 0 Å². The Morgan fingerprint density at radius 3 is 2.27 bits per heavy atom. The predicted octanol–water partition coefficient (Wildman–Crippen LogP) is 0.202. The Balaban J connectivity index is 3.15. The van der Waals surface area contributed by atoms with Gasteiger partial charge in [-0.1, -0.05) is 6.07 Å². The average molecular weight is 236 g/mol. The van der Waals surface area contributed by atoms with Crippen molar-refractivity contribution in [2.45, 2.75) is 4.90 Å². The van der Waals surface area contributed by atoms with Crippen molar-refractivity contribution >= 4 is 10.0 Å². The second-order valence-corrected chi connectivity index (χ2v) is 4.44. The van der Waals surface area contributed by atoms with Gasteiger partial charge in [0.2, 0.25) is 10.0 Å². The first-order valence-electron chi connectivity index (χ1n) is 4.13. The highest BCUT2D eigenvalue weighted by molar-refractivity contribution is 7.89. The fraction of sp³-hybridized carbons (Fsp3) is 0.250. The molecule has 1 rings (SSSR count). The monoisotopic (exact) mass is 236 g/mol. The fourth-order valence-electron chi connectivity index (χ4n) is 1.00. The maximum Gasteiger partial charge on any atom is 0.246 e. The zero-order chi connectivity index (χ0) is 11.5. The number of sulfonamides is 1. The summed E-state index contributed by atoms with van der Waals surface area (Å²) in [6, 6.07) is 2.84. The Morgan fingerprint density at radius 1 is 1.27 bits per heavy atom. The quantitative estimate of drug-likeness (QED) is 0.784. The van der Waals surface area contributed by atoms with Crippen molar-refractivity contribution in [2.75, 3.05) is 13.1 Å². The minimum atomic E-state index is -4.16. The first-order chi connectivity index (χ1) is 6.99. The van der Waals surface area contributed by atoms with Gasteiger partial charge in [0.1, 0.15) is 11.6 Å². The van der Waals surface area contributed by atoms with Gasteiger partial charge in [-0.25, -0.2) is 21.9 Å². The molecule has 0 amide bonds. The molecule has 0 aliphatic carbocycles. The number of rotatable bonds is 4. The summed E-state index contributed by atoms with van der Waals surface area (Å²) in [5.41, 5.74) is 5.08. The summed E-state index contributed by atoms with van der Waals surface area (Å²) >= 11 is 0. The van der Waals surface area contributed by atoms with Crippen molar-refractivity contribution in [1.82, 2.24) is 4.72 Å². The van der Waals surface area contributed by atoms with E-state index in [4.69, 9.17) is 5.73 Å². The van der Waals surface area contributed by atoms with Crippen molar-refractivity contribution in [3.8, 4) is 0 Å². The standard InChI is InChI=1S/C8H10F2N2O2S/c9-6-2-1-3-7(10)8(6)15(13,14)12-5-4-11/h1-3,12H,4-5,11H2. The molecule has 0 aliphatic rings. The van der Waals surface area contributed by atoms with E-state index in [9.17, 15) is 17.2 Å². The van der Waals surface area contributed by atoms with E-state index >= 15 is 0 Å². The van der Waals surface area contributed by atoms with E-state index < -0.39 is 26.6 Å². The van der Waals surface area contributed by atoms with E-state index in [0.717, 1.165) is 18.2 Å². The van der Waals surface area contributed by atoms with E-state index in [-0.39, 0.29) is 13.1 Å². The van der Waals surface area contributed by atoms with E-state index in [1.165, 1.54) is 0 Å². The number of nitrogens with two attached hydrogens (primary N) is 1. The van der Waals surface area contributed by atoms with Crippen LogP contribution in [0.2, 0.25) is 0 Å². The first kappa shape index (κ1) is 12.0. The second-order valence-electron chi connectivity index (χ2n) is 2.74. The molecule has 84 valence electrons. The molecule has 0 aliphatic heterocycles. The highest BCUT2D eigenvalue weighted by Gasteiger charge is 2.22. The molecule has 0 saturated carbocycles. The normalized spacial score (nSPS) is 11.7. The third-order valence-electron chi connectivity index (χ3n) is 1.62. The summed E-state index contributed by atoms with van der Waals surface area (Å²) < 4.78 is 50.9. The highest BCUT2D eigenvalue weighted by atomic mass is 32.2. The van der Waals surface area contributed by atoms with Gasteiger partial charge in [0.25, 0.3) is 0 Å². The molecule has 0 bridgehead atoms. The smallest absolute Gasteiger partial charge is 0.246 e. The average Bonchev–Trinajstić information content (AvgIpc) is 2.14. The van der Waals surface area contributed by atoms with Crippen molar-refractivity contribution in [2.24, 2.45) is 5.73 Å². The Labute approximate surface area is 86.1 Å². The van der Waals surface area contributed by atoms with Gasteiger partial charge in [0.15, 0.2) is 4.90 Å². The highest BCUT2D eigenvalue weighted by Crippen LogP contribution is 2.17. The van der Waals surface area contributed by atoms with Gasteiger partial charge in [-0.05, 0) is 12.1 Å². The fourth-order valence-corrected chi connectivity index (χ4v) is 2.19. The van der Waals surface area contributed by atoms with Gasteiger partial charge in [-0.15, -0.1) is 0 Å². The van der Waals surface area contributed by atoms with Gasteiger partial charge < -0.3 is 5.73 Å². The lowest BCUT2D eigenvalue weighted by Gasteiger charge is -2.07. The minimum Gasteiger partial charge on any atom is -0.329 e. The summed E-state index contributed by atoms with van der Waals surface area (Å²) in [6.45, 7) is -0.0224. The van der Waals surface area contributed by atoms with Crippen LogP contribution >= 0.6 is 0 Å². The topological polar surface area (TPSA) is 72.2 Å². The second kappa shape index (κ2) is 4.65. The van der Waals surface area contributed by atoms with Crippen LogP contribution in [0.3, 0.4) is 0 Å². The summed E-state index contributed by atoms with van der Waals surface area (Å²) in [5, 5.41) is 0. The molecule has 0 aromatic heterocycles.